The summed E-state index contributed by atoms with van der Waals surface area (Å²) in [7, 11) is 0. The summed E-state index contributed by atoms with van der Waals surface area (Å²) < 4.78 is 7.87. The number of thiophene rings is 2. The van der Waals surface area contributed by atoms with Crippen molar-refractivity contribution in [1.29, 1.82) is 0 Å². The van der Waals surface area contributed by atoms with Gasteiger partial charge in [0.2, 0.25) is 0 Å². The zero-order valence-electron chi connectivity index (χ0n) is 15.4. The van der Waals surface area contributed by atoms with Gasteiger partial charge in [-0.2, -0.15) is 0 Å². The van der Waals surface area contributed by atoms with Crippen LogP contribution in [0.2, 0.25) is 0 Å². The van der Waals surface area contributed by atoms with Crippen molar-refractivity contribution in [2.24, 2.45) is 0 Å². The minimum atomic E-state index is 1.23. The number of hydrogen-bond donors (Lipinski definition) is 0. The highest BCUT2D eigenvalue weighted by atomic mass is 32.1. The van der Waals surface area contributed by atoms with E-state index in [0.717, 1.165) is 0 Å². The number of hydrogen-bond acceptors (Lipinski definition) is 2. The van der Waals surface area contributed by atoms with Crippen LogP contribution in [0.4, 0.5) is 0 Å². The molecular formula is C26H15NS2. The number of benzene rings is 4. The van der Waals surface area contributed by atoms with Gasteiger partial charge in [0.15, 0.2) is 0 Å². The summed E-state index contributed by atoms with van der Waals surface area (Å²) in [4.78, 5) is 0. The highest BCUT2D eigenvalue weighted by molar-refractivity contribution is 7.26. The molecule has 29 heavy (non-hydrogen) atoms. The van der Waals surface area contributed by atoms with E-state index >= 15 is 0 Å². The Bertz CT molecular complexity index is 1710. The summed E-state index contributed by atoms with van der Waals surface area (Å²) in [5.41, 5.74) is 3.83. The summed E-state index contributed by atoms with van der Waals surface area (Å²) in [5, 5.41) is 5.35. The van der Waals surface area contributed by atoms with Crippen molar-refractivity contribution in [2.45, 2.75) is 0 Å². The van der Waals surface area contributed by atoms with Gasteiger partial charge in [0.05, 0.1) is 15.7 Å². The van der Waals surface area contributed by atoms with Crippen LogP contribution in [0.15, 0.2) is 91.0 Å². The Morgan fingerprint density at radius 3 is 2.03 bits per heavy atom. The van der Waals surface area contributed by atoms with E-state index in [4.69, 9.17) is 0 Å². The van der Waals surface area contributed by atoms with E-state index in [1.165, 1.54) is 57.1 Å². The molecule has 0 N–H and O–H groups in total. The van der Waals surface area contributed by atoms with Crippen LogP contribution < -0.4 is 0 Å². The van der Waals surface area contributed by atoms with Crippen LogP contribution >= 0.6 is 22.7 Å². The number of aromatic nitrogens is 1. The van der Waals surface area contributed by atoms with Gasteiger partial charge >= 0.3 is 0 Å². The lowest BCUT2D eigenvalue weighted by Gasteiger charge is -2.08. The molecule has 3 heterocycles. The first-order chi connectivity index (χ1) is 14.4. The van der Waals surface area contributed by atoms with Gasteiger partial charge in [0.25, 0.3) is 0 Å². The molecule has 1 nitrogen and oxygen atoms in total. The first-order valence-corrected chi connectivity index (χ1v) is 11.3. The maximum Gasteiger partial charge on any atom is 0.0727 e. The van der Waals surface area contributed by atoms with Crippen LogP contribution in [0.3, 0.4) is 0 Å². The molecule has 7 rings (SSSR count). The molecule has 4 aromatic carbocycles. The smallest absolute Gasteiger partial charge is 0.0727 e. The molecule has 0 aliphatic rings. The highest BCUT2D eigenvalue weighted by Gasteiger charge is 2.17. The molecule has 0 saturated heterocycles. The molecule has 7 aromatic rings. The summed E-state index contributed by atoms with van der Waals surface area (Å²) in [5.74, 6) is 0. The Morgan fingerprint density at radius 1 is 0.517 bits per heavy atom. The molecule has 0 radical (unpaired) electrons. The third-order valence-corrected chi connectivity index (χ3v) is 8.15. The number of rotatable bonds is 1. The number of nitrogens with zero attached hydrogens (tertiary/aromatic N) is 1. The zero-order chi connectivity index (χ0) is 18.9. The first kappa shape index (κ1) is 15.7. The highest BCUT2D eigenvalue weighted by Crippen LogP contribution is 2.43. The summed E-state index contributed by atoms with van der Waals surface area (Å²) in [6.07, 6.45) is 0. The van der Waals surface area contributed by atoms with Crippen molar-refractivity contribution in [3.05, 3.63) is 91.0 Å². The van der Waals surface area contributed by atoms with E-state index in [9.17, 15) is 0 Å². The van der Waals surface area contributed by atoms with Crippen molar-refractivity contribution in [3.63, 3.8) is 0 Å². The van der Waals surface area contributed by atoms with E-state index in [1.54, 1.807) is 0 Å². The Labute approximate surface area is 175 Å². The van der Waals surface area contributed by atoms with E-state index in [-0.39, 0.29) is 0 Å². The Kier molecular flexibility index (Phi) is 3.09. The monoisotopic (exact) mass is 405 g/mol. The second-order valence-electron chi connectivity index (χ2n) is 7.41. The maximum absolute atomic E-state index is 2.45. The molecular weight excluding hydrogens is 390 g/mol. The average Bonchev–Trinajstić information content (AvgIpc) is 3.42. The minimum Gasteiger partial charge on any atom is -0.308 e. The molecule has 3 heteroatoms. The van der Waals surface area contributed by atoms with Crippen LogP contribution in [-0.2, 0) is 0 Å². The normalized spacial score (nSPS) is 12.1. The van der Waals surface area contributed by atoms with Gasteiger partial charge in [-0.1, -0.05) is 54.6 Å². The lowest BCUT2D eigenvalue weighted by molar-refractivity contribution is 1.19. The zero-order valence-corrected chi connectivity index (χ0v) is 17.1. The predicted molar refractivity (Wildman–Crippen MR) is 129 cm³/mol. The van der Waals surface area contributed by atoms with E-state index in [2.05, 4.69) is 95.6 Å². The SMILES string of the molecule is c1ccc2c(c1)sc1ccc(-n3c4ccccc4c4sc5ccccc5c43)cc12. The summed E-state index contributed by atoms with van der Waals surface area (Å²) >= 11 is 3.77. The average molecular weight is 406 g/mol. The second-order valence-corrected chi connectivity index (χ2v) is 9.54. The quantitative estimate of drug-likeness (QED) is 0.258. The van der Waals surface area contributed by atoms with Crippen molar-refractivity contribution in [3.8, 4) is 5.69 Å². The molecule has 0 spiro atoms. The molecule has 0 unspecified atom stereocenters. The molecule has 0 saturated carbocycles. The molecule has 136 valence electrons. The van der Waals surface area contributed by atoms with Crippen LogP contribution in [0.5, 0.6) is 0 Å². The van der Waals surface area contributed by atoms with E-state index in [1.807, 2.05) is 22.7 Å². The standard InChI is InChI=1S/C26H15NS2/c1-4-10-21-18(8-1)26-25(19-9-3-6-12-23(19)29-26)27(21)16-13-14-24-20(15-16)17-7-2-5-11-22(17)28-24/h1-15H. The van der Waals surface area contributed by atoms with Crippen LogP contribution in [0, 0.1) is 0 Å². The van der Waals surface area contributed by atoms with Gasteiger partial charge in [-0.05, 0) is 36.4 Å². The minimum absolute atomic E-state index is 1.23. The van der Waals surface area contributed by atoms with Crippen molar-refractivity contribution < 1.29 is 0 Å². The molecule has 3 aromatic heterocycles. The predicted octanol–water partition coefficient (Wildman–Crippen LogP) is 8.37. The van der Waals surface area contributed by atoms with Gasteiger partial charge in [-0.25, -0.2) is 0 Å². The van der Waals surface area contributed by atoms with Crippen LogP contribution in [0.25, 0.3) is 57.1 Å². The fraction of sp³-hybridized carbons (Fsp3) is 0. The largest absolute Gasteiger partial charge is 0.308 e. The van der Waals surface area contributed by atoms with Crippen molar-refractivity contribution in [2.75, 3.05) is 0 Å². The van der Waals surface area contributed by atoms with Gasteiger partial charge in [-0.3, -0.25) is 0 Å². The Morgan fingerprint density at radius 2 is 1.17 bits per heavy atom. The van der Waals surface area contributed by atoms with Crippen molar-refractivity contribution in [1.82, 2.24) is 4.57 Å². The van der Waals surface area contributed by atoms with Gasteiger partial charge in [0, 0.05) is 41.3 Å². The maximum atomic E-state index is 2.45. The van der Waals surface area contributed by atoms with E-state index < -0.39 is 0 Å². The molecule has 0 bridgehead atoms. The third-order valence-electron chi connectivity index (χ3n) is 5.80. The molecule has 0 amide bonds. The molecule has 0 aliphatic carbocycles. The topological polar surface area (TPSA) is 4.93 Å². The van der Waals surface area contributed by atoms with Crippen LogP contribution in [-0.4, -0.2) is 4.57 Å². The lowest BCUT2D eigenvalue weighted by atomic mass is 10.1. The number of fused-ring (bicyclic) bond motifs is 8. The Balaban J connectivity index is 1.67. The summed E-state index contributed by atoms with van der Waals surface area (Å²) in [6, 6.07) is 33.2. The molecule has 0 fully saturated rings. The van der Waals surface area contributed by atoms with Crippen LogP contribution in [0.1, 0.15) is 0 Å². The second kappa shape index (κ2) is 5.69. The first-order valence-electron chi connectivity index (χ1n) is 9.71. The molecule has 0 atom stereocenters. The van der Waals surface area contributed by atoms with E-state index in [0.29, 0.717) is 0 Å². The third kappa shape index (κ3) is 2.09. The van der Waals surface area contributed by atoms with Crippen molar-refractivity contribution >= 4 is 74.1 Å². The fourth-order valence-corrected chi connectivity index (χ4v) is 6.85. The Hall–Kier alpha value is -3.14. The van der Waals surface area contributed by atoms with Gasteiger partial charge in [-0.15, -0.1) is 22.7 Å². The van der Waals surface area contributed by atoms with Gasteiger partial charge in [0.1, 0.15) is 0 Å². The summed E-state index contributed by atoms with van der Waals surface area (Å²) in [6.45, 7) is 0. The van der Waals surface area contributed by atoms with Gasteiger partial charge < -0.3 is 4.57 Å². The number of para-hydroxylation sites is 1. The lowest BCUT2D eigenvalue weighted by Crippen LogP contribution is -1.93. The fourth-order valence-electron chi connectivity index (χ4n) is 4.54. The molecule has 0 aliphatic heterocycles.